The van der Waals surface area contributed by atoms with Crippen LogP contribution in [-0.2, 0) is 14.9 Å². The molecule has 1 aromatic carbocycles. The second-order valence-electron chi connectivity index (χ2n) is 6.90. The van der Waals surface area contributed by atoms with Gasteiger partial charge in [0.05, 0.1) is 12.2 Å². The Morgan fingerprint density at radius 1 is 1.07 bits per heavy atom. The van der Waals surface area contributed by atoms with E-state index in [0.717, 1.165) is 0 Å². The van der Waals surface area contributed by atoms with Gasteiger partial charge >= 0.3 is 0 Å². The van der Waals surface area contributed by atoms with Gasteiger partial charge in [-0.15, -0.1) is 12.4 Å². The Kier molecular flexibility index (Phi) is 7.09. The van der Waals surface area contributed by atoms with E-state index in [0.29, 0.717) is 37.4 Å². The van der Waals surface area contributed by atoms with Crippen LogP contribution in [0.5, 0.6) is 0 Å². The molecule has 2 fully saturated rings. The molecule has 2 heterocycles. The highest BCUT2D eigenvalue weighted by molar-refractivity contribution is 7.86. The number of amides is 1. The molecule has 8 nitrogen and oxygen atoms in total. The number of morpholine rings is 1. The number of ether oxygens (including phenoxy) is 1. The summed E-state index contributed by atoms with van der Waals surface area (Å²) >= 11 is 0. The fourth-order valence-corrected chi connectivity index (χ4v) is 5.21. The van der Waals surface area contributed by atoms with Gasteiger partial charge in [-0.05, 0) is 32.0 Å². The highest BCUT2D eigenvalue weighted by Gasteiger charge is 2.37. The topological polar surface area (TPSA) is 96.2 Å². The lowest BCUT2D eigenvalue weighted by molar-refractivity contribution is -0.0457. The van der Waals surface area contributed by atoms with Crippen LogP contribution in [0.1, 0.15) is 24.2 Å². The molecule has 10 heteroatoms. The summed E-state index contributed by atoms with van der Waals surface area (Å²) in [5.41, 5.74) is 6.80. The minimum absolute atomic E-state index is 0. The van der Waals surface area contributed by atoms with Crippen molar-refractivity contribution in [2.75, 3.05) is 45.0 Å². The number of nitrogens with two attached hydrogens (primary N) is 1. The molecule has 0 bridgehead atoms. The van der Waals surface area contributed by atoms with E-state index >= 15 is 0 Å². The molecule has 2 unspecified atom stereocenters. The molecule has 27 heavy (non-hydrogen) atoms. The van der Waals surface area contributed by atoms with E-state index in [-0.39, 0.29) is 43.6 Å². The molecule has 0 spiro atoms. The summed E-state index contributed by atoms with van der Waals surface area (Å²) in [7, 11) is -3.54. The molecule has 1 aromatic rings. The van der Waals surface area contributed by atoms with Gasteiger partial charge in [0.1, 0.15) is 0 Å². The van der Waals surface area contributed by atoms with E-state index < -0.39 is 10.2 Å². The van der Waals surface area contributed by atoms with Crippen molar-refractivity contribution in [2.45, 2.75) is 26.1 Å². The highest BCUT2D eigenvalue weighted by atomic mass is 35.5. The molecule has 0 aliphatic carbocycles. The number of rotatable bonds is 3. The highest BCUT2D eigenvalue weighted by Crippen LogP contribution is 2.19. The summed E-state index contributed by atoms with van der Waals surface area (Å²) < 4.78 is 34.4. The fraction of sp³-hybridized carbons (Fsp3) is 0.588. The molecule has 3 rings (SSSR count). The van der Waals surface area contributed by atoms with E-state index in [1.807, 2.05) is 13.8 Å². The maximum Gasteiger partial charge on any atom is 0.282 e. The zero-order valence-corrected chi connectivity index (χ0v) is 17.2. The first-order chi connectivity index (χ1) is 12.3. The number of carbonyl (C=O) groups is 1. The molecule has 2 aliphatic heterocycles. The maximum absolute atomic E-state index is 12.9. The van der Waals surface area contributed by atoms with Gasteiger partial charge in [0.15, 0.2) is 0 Å². The molecule has 0 aromatic heterocycles. The zero-order chi connectivity index (χ0) is 18.9. The third-order valence-electron chi connectivity index (χ3n) is 4.70. The number of nitrogens with zero attached hydrogens (tertiary/aromatic N) is 3. The number of nitrogen functional groups attached to an aromatic ring is 1. The number of hydrogen-bond donors (Lipinski definition) is 1. The first kappa shape index (κ1) is 21.9. The van der Waals surface area contributed by atoms with Crippen LogP contribution in [0.4, 0.5) is 5.69 Å². The molecule has 2 saturated heterocycles. The molecule has 152 valence electrons. The number of piperazine rings is 1. The number of carbonyl (C=O) groups excluding carboxylic acids is 1. The van der Waals surface area contributed by atoms with Gasteiger partial charge in [0.2, 0.25) is 0 Å². The van der Waals surface area contributed by atoms with Crippen molar-refractivity contribution in [1.82, 2.24) is 13.5 Å². The van der Waals surface area contributed by atoms with Gasteiger partial charge in [0.25, 0.3) is 16.1 Å². The first-order valence-corrected chi connectivity index (χ1v) is 10.2. The maximum atomic E-state index is 12.9. The fourth-order valence-electron chi connectivity index (χ4n) is 3.46. The predicted molar refractivity (Wildman–Crippen MR) is 106 cm³/mol. The van der Waals surface area contributed by atoms with E-state index in [4.69, 9.17) is 10.5 Å². The Bertz CT molecular complexity index is 758. The minimum Gasteiger partial charge on any atom is -0.399 e. The van der Waals surface area contributed by atoms with Crippen molar-refractivity contribution < 1.29 is 17.9 Å². The van der Waals surface area contributed by atoms with Crippen LogP contribution in [0.2, 0.25) is 0 Å². The Hall–Kier alpha value is -1.39. The summed E-state index contributed by atoms with van der Waals surface area (Å²) in [5.74, 6) is -0.122. The van der Waals surface area contributed by atoms with E-state index in [9.17, 15) is 13.2 Å². The van der Waals surface area contributed by atoms with Gasteiger partial charge in [-0.2, -0.15) is 17.0 Å². The van der Waals surface area contributed by atoms with Crippen molar-refractivity contribution in [3.63, 3.8) is 0 Å². The number of halogens is 1. The summed E-state index contributed by atoms with van der Waals surface area (Å²) in [4.78, 5) is 14.2. The Morgan fingerprint density at radius 2 is 1.67 bits per heavy atom. The van der Waals surface area contributed by atoms with E-state index in [1.54, 1.807) is 29.2 Å². The average Bonchev–Trinajstić information content (AvgIpc) is 2.60. The van der Waals surface area contributed by atoms with Crippen molar-refractivity contribution in [2.24, 2.45) is 0 Å². The van der Waals surface area contributed by atoms with Crippen LogP contribution >= 0.6 is 12.4 Å². The van der Waals surface area contributed by atoms with Gasteiger partial charge < -0.3 is 15.4 Å². The monoisotopic (exact) mass is 418 g/mol. The lowest BCUT2D eigenvalue weighted by Gasteiger charge is -2.40. The molecule has 0 radical (unpaired) electrons. The molecule has 2 N–H and O–H groups in total. The second kappa shape index (κ2) is 8.74. The van der Waals surface area contributed by atoms with Crippen LogP contribution in [-0.4, -0.2) is 79.3 Å². The smallest absolute Gasteiger partial charge is 0.282 e. The summed E-state index contributed by atoms with van der Waals surface area (Å²) in [6, 6.07) is 6.83. The Labute approximate surface area is 166 Å². The molecule has 0 saturated carbocycles. The van der Waals surface area contributed by atoms with Crippen LogP contribution in [0.15, 0.2) is 24.3 Å². The quantitative estimate of drug-likeness (QED) is 0.732. The standard InChI is InChI=1S/C17H26N4O4S.ClH/c1-13-11-21(12-14(2)25-13)26(23,24)20-8-6-19(7-9-20)17(22)15-4-3-5-16(18)10-15;/h3-5,10,13-14H,6-9,11-12,18H2,1-2H3;1H. The SMILES string of the molecule is CC1CN(S(=O)(=O)N2CCN(C(=O)c3cccc(N)c3)CC2)CC(C)O1.Cl. The van der Waals surface area contributed by atoms with Crippen LogP contribution < -0.4 is 5.73 Å². The van der Waals surface area contributed by atoms with Crippen LogP contribution in [0.3, 0.4) is 0 Å². The van der Waals surface area contributed by atoms with E-state index in [2.05, 4.69) is 0 Å². The summed E-state index contributed by atoms with van der Waals surface area (Å²) in [5, 5.41) is 0. The van der Waals surface area contributed by atoms with E-state index in [1.165, 1.54) is 8.61 Å². The predicted octanol–water partition coefficient (Wildman–Crippen LogP) is 0.802. The number of benzene rings is 1. The third-order valence-corrected chi connectivity index (χ3v) is 6.67. The second-order valence-corrected chi connectivity index (χ2v) is 8.83. The largest absolute Gasteiger partial charge is 0.399 e. The van der Waals surface area contributed by atoms with Crippen LogP contribution in [0, 0.1) is 0 Å². The number of anilines is 1. The summed E-state index contributed by atoms with van der Waals surface area (Å²) in [6.07, 6.45) is -0.250. The minimum atomic E-state index is -3.54. The van der Waals surface area contributed by atoms with Crippen molar-refractivity contribution >= 4 is 34.2 Å². The number of hydrogen-bond acceptors (Lipinski definition) is 5. The van der Waals surface area contributed by atoms with Gasteiger partial charge in [-0.3, -0.25) is 4.79 Å². The lowest BCUT2D eigenvalue weighted by atomic mass is 10.1. The normalized spacial score (nSPS) is 25.0. The molecule has 2 atom stereocenters. The van der Waals surface area contributed by atoms with Crippen molar-refractivity contribution in [1.29, 1.82) is 0 Å². The molecular formula is C17H27ClN4O4S. The molecule has 1 amide bonds. The molecular weight excluding hydrogens is 392 g/mol. The third kappa shape index (κ3) is 4.91. The van der Waals surface area contributed by atoms with Crippen LogP contribution in [0.25, 0.3) is 0 Å². The first-order valence-electron chi connectivity index (χ1n) is 8.83. The Balaban J connectivity index is 0.00000261. The van der Waals surface area contributed by atoms with Crippen molar-refractivity contribution in [3.8, 4) is 0 Å². The van der Waals surface area contributed by atoms with Gasteiger partial charge in [-0.25, -0.2) is 0 Å². The molecule has 2 aliphatic rings. The van der Waals surface area contributed by atoms with Gasteiger partial charge in [-0.1, -0.05) is 6.07 Å². The summed E-state index contributed by atoms with van der Waals surface area (Å²) in [6.45, 7) is 5.77. The zero-order valence-electron chi connectivity index (χ0n) is 15.6. The Morgan fingerprint density at radius 3 is 2.22 bits per heavy atom. The van der Waals surface area contributed by atoms with Gasteiger partial charge in [0, 0.05) is 50.5 Å². The van der Waals surface area contributed by atoms with Crippen molar-refractivity contribution in [3.05, 3.63) is 29.8 Å². The average molecular weight is 419 g/mol. The lowest BCUT2D eigenvalue weighted by Crippen LogP contribution is -2.57.